The standard InChI is InChI=1S/C16H10FN3O4S/c17-10-2-4-11(5-3-10)18-16-19-15(22)14(25-16)8-9-1-6-13(21)12(7-9)20(23)24/h1-8,21H,(H,18,19,22)/b14-8-. The summed E-state index contributed by atoms with van der Waals surface area (Å²) < 4.78 is 12.9. The van der Waals surface area contributed by atoms with Crippen LogP contribution in [-0.4, -0.2) is 21.1 Å². The quantitative estimate of drug-likeness (QED) is 0.497. The Labute approximate surface area is 145 Å². The molecule has 2 aromatic rings. The molecule has 0 spiro atoms. The lowest BCUT2D eigenvalue weighted by atomic mass is 10.1. The summed E-state index contributed by atoms with van der Waals surface area (Å²) in [5, 5.41) is 23.2. The third-order valence-electron chi connectivity index (χ3n) is 3.20. The van der Waals surface area contributed by atoms with Crippen LogP contribution in [-0.2, 0) is 4.79 Å². The van der Waals surface area contributed by atoms with Gasteiger partial charge in [-0.25, -0.2) is 9.38 Å². The number of nitrogens with one attached hydrogen (secondary N) is 1. The molecule has 2 N–H and O–H groups in total. The Hall–Kier alpha value is -3.20. The molecule has 1 aliphatic rings. The summed E-state index contributed by atoms with van der Waals surface area (Å²) >= 11 is 1.06. The van der Waals surface area contributed by atoms with E-state index in [0.717, 1.165) is 11.8 Å². The highest BCUT2D eigenvalue weighted by molar-refractivity contribution is 8.18. The number of nitrogens with zero attached hydrogens (tertiary/aromatic N) is 2. The minimum atomic E-state index is -0.708. The first-order chi connectivity index (χ1) is 11.9. The summed E-state index contributed by atoms with van der Waals surface area (Å²) in [6, 6.07) is 9.28. The number of amidine groups is 1. The number of carbonyl (C=O) groups is 1. The molecule has 1 saturated heterocycles. The van der Waals surface area contributed by atoms with Gasteiger partial charge in [-0.3, -0.25) is 14.9 Å². The number of hydrogen-bond acceptors (Lipinski definition) is 6. The number of hydrogen-bond donors (Lipinski definition) is 2. The maximum Gasteiger partial charge on any atom is 0.311 e. The molecular weight excluding hydrogens is 349 g/mol. The lowest BCUT2D eigenvalue weighted by molar-refractivity contribution is -0.385. The highest BCUT2D eigenvalue weighted by Gasteiger charge is 2.24. The van der Waals surface area contributed by atoms with Crippen LogP contribution in [0.4, 0.5) is 15.8 Å². The Kier molecular flexibility index (Phi) is 4.48. The fourth-order valence-electron chi connectivity index (χ4n) is 2.04. The van der Waals surface area contributed by atoms with Crippen LogP contribution in [0.15, 0.2) is 52.4 Å². The van der Waals surface area contributed by atoms with E-state index in [1.54, 1.807) is 0 Å². The van der Waals surface area contributed by atoms with E-state index < -0.39 is 22.3 Å². The Morgan fingerprint density at radius 2 is 1.96 bits per heavy atom. The van der Waals surface area contributed by atoms with E-state index in [1.165, 1.54) is 48.5 Å². The predicted octanol–water partition coefficient (Wildman–Crippen LogP) is 3.33. The van der Waals surface area contributed by atoms with E-state index in [2.05, 4.69) is 10.3 Å². The van der Waals surface area contributed by atoms with Crippen molar-refractivity contribution in [1.82, 2.24) is 5.32 Å². The van der Waals surface area contributed by atoms with Crippen molar-refractivity contribution in [1.29, 1.82) is 0 Å². The van der Waals surface area contributed by atoms with Crippen molar-refractivity contribution in [2.24, 2.45) is 4.99 Å². The topological polar surface area (TPSA) is 105 Å². The van der Waals surface area contributed by atoms with Crippen molar-refractivity contribution in [3.8, 4) is 5.75 Å². The zero-order valence-electron chi connectivity index (χ0n) is 12.5. The number of amides is 1. The Balaban J connectivity index is 1.85. The molecule has 25 heavy (non-hydrogen) atoms. The summed E-state index contributed by atoms with van der Waals surface area (Å²) in [4.78, 5) is 26.6. The van der Waals surface area contributed by atoms with Gasteiger partial charge in [-0.05, 0) is 53.7 Å². The van der Waals surface area contributed by atoms with E-state index in [1.807, 2.05) is 0 Å². The van der Waals surface area contributed by atoms with Crippen molar-refractivity contribution >= 4 is 40.3 Å². The number of carbonyl (C=O) groups excluding carboxylic acids is 1. The van der Waals surface area contributed by atoms with Crippen LogP contribution in [0.2, 0.25) is 0 Å². The largest absolute Gasteiger partial charge is 0.502 e. The van der Waals surface area contributed by atoms with Gasteiger partial charge in [0.05, 0.1) is 15.5 Å². The summed E-state index contributed by atoms with van der Waals surface area (Å²) in [5.74, 6) is -1.24. The molecule has 1 heterocycles. The Morgan fingerprint density at radius 3 is 2.64 bits per heavy atom. The van der Waals surface area contributed by atoms with E-state index in [0.29, 0.717) is 21.3 Å². The molecule has 0 aliphatic carbocycles. The number of rotatable bonds is 3. The molecule has 0 bridgehead atoms. The average molecular weight is 359 g/mol. The maximum absolute atomic E-state index is 12.9. The van der Waals surface area contributed by atoms with Gasteiger partial charge in [0.1, 0.15) is 5.82 Å². The summed E-state index contributed by atoms with van der Waals surface area (Å²) in [7, 11) is 0. The van der Waals surface area contributed by atoms with Gasteiger partial charge in [0.15, 0.2) is 10.9 Å². The number of aromatic hydroxyl groups is 1. The highest BCUT2D eigenvalue weighted by Crippen LogP contribution is 2.31. The van der Waals surface area contributed by atoms with Gasteiger partial charge in [-0.2, -0.15) is 0 Å². The zero-order chi connectivity index (χ0) is 18.0. The normalized spacial score (nSPS) is 17.1. The third-order valence-corrected chi connectivity index (χ3v) is 4.11. The van der Waals surface area contributed by atoms with Crippen LogP contribution < -0.4 is 5.32 Å². The molecule has 0 aromatic heterocycles. The van der Waals surface area contributed by atoms with Crippen LogP contribution in [0.3, 0.4) is 0 Å². The number of thioether (sulfide) groups is 1. The molecule has 0 radical (unpaired) electrons. The van der Waals surface area contributed by atoms with Gasteiger partial charge in [0, 0.05) is 6.07 Å². The SMILES string of the molecule is O=C1NC(=Nc2ccc(F)cc2)S/C1=C\c1ccc(O)c([N+](=O)[O-])c1. The zero-order valence-corrected chi connectivity index (χ0v) is 13.3. The van der Waals surface area contributed by atoms with Gasteiger partial charge in [0.25, 0.3) is 5.91 Å². The number of halogens is 1. The van der Waals surface area contributed by atoms with Crippen LogP contribution >= 0.6 is 11.8 Å². The molecule has 9 heteroatoms. The van der Waals surface area contributed by atoms with Gasteiger partial charge in [-0.15, -0.1) is 0 Å². The second-order valence-electron chi connectivity index (χ2n) is 4.96. The van der Waals surface area contributed by atoms with Crippen molar-refractivity contribution in [3.63, 3.8) is 0 Å². The summed E-state index contributed by atoms with van der Waals surface area (Å²) in [6.07, 6.45) is 1.46. The maximum atomic E-state index is 12.9. The number of phenols is 1. The molecule has 7 nitrogen and oxygen atoms in total. The van der Waals surface area contributed by atoms with Crippen molar-refractivity contribution in [2.45, 2.75) is 0 Å². The monoisotopic (exact) mass is 359 g/mol. The first-order valence-corrected chi connectivity index (χ1v) is 7.76. The van der Waals surface area contributed by atoms with Crippen LogP contribution in [0, 0.1) is 15.9 Å². The second kappa shape index (κ2) is 6.73. The molecule has 0 unspecified atom stereocenters. The van der Waals surface area contributed by atoms with Crippen molar-refractivity contribution in [2.75, 3.05) is 0 Å². The fourth-order valence-corrected chi connectivity index (χ4v) is 2.88. The predicted molar refractivity (Wildman–Crippen MR) is 92.0 cm³/mol. The Morgan fingerprint density at radius 1 is 1.24 bits per heavy atom. The fraction of sp³-hybridized carbons (Fsp3) is 0. The van der Waals surface area contributed by atoms with Crippen LogP contribution in [0.25, 0.3) is 6.08 Å². The first kappa shape index (κ1) is 16.7. The summed E-state index contributed by atoms with van der Waals surface area (Å²) in [6.45, 7) is 0. The molecule has 126 valence electrons. The van der Waals surface area contributed by atoms with Crippen LogP contribution in [0.1, 0.15) is 5.56 Å². The molecular formula is C16H10FN3O4S. The van der Waals surface area contributed by atoms with E-state index >= 15 is 0 Å². The minimum absolute atomic E-state index is 0.292. The van der Waals surface area contributed by atoms with E-state index in [4.69, 9.17) is 0 Å². The molecule has 1 fully saturated rings. The molecule has 1 aliphatic heterocycles. The smallest absolute Gasteiger partial charge is 0.311 e. The third kappa shape index (κ3) is 3.83. The van der Waals surface area contributed by atoms with Gasteiger partial charge < -0.3 is 10.4 Å². The highest BCUT2D eigenvalue weighted by atomic mass is 32.2. The van der Waals surface area contributed by atoms with Crippen LogP contribution in [0.5, 0.6) is 5.75 Å². The lowest BCUT2D eigenvalue weighted by Gasteiger charge is -1.98. The first-order valence-electron chi connectivity index (χ1n) is 6.95. The van der Waals surface area contributed by atoms with Crippen molar-refractivity contribution in [3.05, 3.63) is 68.9 Å². The van der Waals surface area contributed by atoms with Gasteiger partial charge in [-0.1, -0.05) is 6.07 Å². The number of phenolic OH excluding ortho intramolecular Hbond substituents is 1. The molecule has 1 amide bonds. The number of nitro benzene ring substituents is 1. The van der Waals surface area contributed by atoms with E-state index in [9.17, 15) is 24.4 Å². The second-order valence-corrected chi connectivity index (χ2v) is 5.99. The number of aliphatic imine (C=N–C) groups is 1. The summed E-state index contributed by atoms with van der Waals surface area (Å²) in [5.41, 5.74) is 0.425. The molecule has 3 rings (SSSR count). The van der Waals surface area contributed by atoms with Gasteiger partial charge in [0.2, 0.25) is 0 Å². The molecule has 2 aromatic carbocycles. The van der Waals surface area contributed by atoms with Crippen molar-refractivity contribution < 1.29 is 19.2 Å². The minimum Gasteiger partial charge on any atom is -0.502 e. The number of benzene rings is 2. The number of nitro groups is 1. The van der Waals surface area contributed by atoms with Gasteiger partial charge >= 0.3 is 5.69 Å². The Bertz CT molecular complexity index is 925. The lowest BCUT2D eigenvalue weighted by Crippen LogP contribution is -2.19. The molecule has 0 atom stereocenters. The average Bonchev–Trinajstić information content (AvgIpc) is 2.90. The molecule has 0 saturated carbocycles. The van der Waals surface area contributed by atoms with E-state index in [-0.39, 0.29) is 5.82 Å².